The van der Waals surface area contributed by atoms with Crippen LogP contribution in [0.25, 0.3) is 0 Å². The molecule has 1 aromatic heterocycles. The number of aromatic nitrogens is 1. The van der Waals surface area contributed by atoms with Crippen molar-refractivity contribution in [1.82, 2.24) is 9.88 Å². The van der Waals surface area contributed by atoms with Crippen molar-refractivity contribution in [3.63, 3.8) is 0 Å². The molecule has 0 saturated carbocycles. The number of hydrogen-bond donors (Lipinski definition) is 0. The van der Waals surface area contributed by atoms with E-state index in [4.69, 9.17) is 4.74 Å². The normalized spacial score (nSPS) is 10.2. The number of halogens is 1. The number of carbonyl (C=O) groups excluding carboxylic acids is 1. The minimum Gasteiger partial charge on any atom is -0.491 e. The van der Waals surface area contributed by atoms with Crippen LogP contribution in [0.5, 0.6) is 5.75 Å². The molecule has 0 aliphatic heterocycles. The summed E-state index contributed by atoms with van der Waals surface area (Å²) in [7, 11) is 1.61. The number of aryl methyl sites for hydroxylation is 1. The number of para-hydroxylation sites is 1. The van der Waals surface area contributed by atoms with Gasteiger partial charge in [0.05, 0.1) is 12.1 Å². The minimum atomic E-state index is -0.755. The Balaban J connectivity index is 1.90. The van der Waals surface area contributed by atoms with E-state index in [-0.39, 0.29) is 5.56 Å². The maximum atomic E-state index is 13.5. The van der Waals surface area contributed by atoms with E-state index in [1.54, 1.807) is 7.05 Å². The maximum Gasteiger partial charge on any atom is 0.258 e. The van der Waals surface area contributed by atoms with Crippen LogP contribution in [-0.4, -0.2) is 36.0 Å². The number of pyridine rings is 1. The smallest absolute Gasteiger partial charge is 0.258 e. The van der Waals surface area contributed by atoms with E-state index < -0.39 is 11.9 Å². The van der Waals surface area contributed by atoms with Gasteiger partial charge in [-0.3, -0.25) is 4.79 Å². The van der Waals surface area contributed by atoms with Crippen molar-refractivity contribution in [1.29, 1.82) is 0 Å². The van der Waals surface area contributed by atoms with Crippen molar-refractivity contribution in [3.05, 3.63) is 59.7 Å². The summed E-state index contributed by atoms with van der Waals surface area (Å²) in [5, 5.41) is 0. The second-order valence-electron chi connectivity index (χ2n) is 4.68. The van der Waals surface area contributed by atoms with E-state index in [1.165, 1.54) is 23.2 Å². The fourth-order valence-corrected chi connectivity index (χ4v) is 1.86. The molecule has 0 fully saturated rings. The number of benzene rings is 1. The van der Waals surface area contributed by atoms with Crippen molar-refractivity contribution in [2.24, 2.45) is 0 Å². The fraction of sp³-hybridized carbons (Fsp3) is 0.250. The Bertz CT molecular complexity index is 631. The fourth-order valence-electron chi connectivity index (χ4n) is 1.86. The molecule has 2 rings (SSSR count). The van der Waals surface area contributed by atoms with Crippen molar-refractivity contribution in [2.75, 3.05) is 20.2 Å². The summed E-state index contributed by atoms with van der Waals surface area (Å²) in [6, 6.07) is 10.6. The van der Waals surface area contributed by atoms with E-state index in [0.717, 1.165) is 11.3 Å². The van der Waals surface area contributed by atoms with Gasteiger partial charge in [0, 0.05) is 13.2 Å². The topological polar surface area (TPSA) is 42.4 Å². The molecule has 21 heavy (non-hydrogen) atoms. The quantitative estimate of drug-likeness (QED) is 0.794. The zero-order chi connectivity index (χ0) is 15.2. The predicted molar refractivity (Wildman–Crippen MR) is 77.8 cm³/mol. The molecule has 1 amide bonds. The standard InChI is InChI=1S/C16H17FN2O2/c1-12-6-3-4-8-14(12)21-11-10-19(2)16(20)13-7-5-9-18-15(13)17/h3-9H,10-11H2,1-2H3. The number of rotatable bonds is 5. The lowest BCUT2D eigenvalue weighted by Gasteiger charge is -2.18. The average Bonchev–Trinajstić information content (AvgIpc) is 2.49. The van der Waals surface area contributed by atoms with Crippen LogP contribution < -0.4 is 4.74 Å². The van der Waals surface area contributed by atoms with Crippen LogP contribution in [0.3, 0.4) is 0 Å². The van der Waals surface area contributed by atoms with E-state index in [9.17, 15) is 9.18 Å². The third-order valence-electron chi connectivity index (χ3n) is 3.11. The monoisotopic (exact) mass is 288 g/mol. The third-order valence-corrected chi connectivity index (χ3v) is 3.11. The van der Waals surface area contributed by atoms with E-state index in [2.05, 4.69) is 4.98 Å². The molecular weight excluding hydrogens is 271 g/mol. The second-order valence-corrected chi connectivity index (χ2v) is 4.68. The van der Waals surface area contributed by atoms with Crippen LogP contribution in [0.15, 0.2) is 42.6 Å². The molecule has 0 saturated heterocycles. The molecule has 5 heteroatoms. The van der Waals surface area contributed by atoms with Crippen LogP contribution >= 0.6 is 0 Å². The van der Waals surface area contributed by atoms with E-state index in [0.29, 0.717) is 13.2 Å². The molecule has 0 unspecified atom stereocenters. The molecule has 4 nitrogen and oxygen atoms in total. The zero-order valence-electron chi connectivity index (χ0n) is 12.0. The molecule has 0 spiro atoms. The molecule has 0 atom stereocenters. The lowest BCUT2D eigenvalue weighted by atomic mass is 10.2. The summed E-state index contributed by atoms with van der Waals surface area (Å²) in [5.41, 5.74) is 1.00. The molecule has 110 valence electrons. The largest absolute Gasteiger partial charge is 0.491 e. The number of carbonyl (C=O) groups is 1. The van der Waals surface area contributed by atoms with Gasteiger partial charge < -0.3 is 9.64 Å². The number of likely N-dealkylation sites (N-methyl/N-ethyl adjacent to an activating group) is 1. The molecule has 2 aromatic rings. The SMILES string of the molecule is Cc1ccccc1OCCN(C)C(=O)c1cccnc1F. The average molecular weight is 288 g/mol. The molecule has 1 aromatic carbocycles. The minimum absolute atomic E-state index is 0.0316. The first-order chi connectivity index (χ1) is 10.1. The Labute approximate surface area is 123 Å². The van der Waals surface area contributed by atoms with Crippen LogP contribution in [0, 0.1) is 12.9 Å². The van der Waals surface area contributed by atoms with Crippen LogP contribution in [0.1, 0.15) is 15.9 Å². The van der Waals surface area contributed by atoms with Gasteiger partial charge in [-0.05, 0) is 30.7 Å². The first kappa shape index (κ1) is 15.0. The van der Waals surface area contributed by atoms with Gasteiger partial charge in [-0.2, -0.15) is 4.39 Å². The number of amides is 1. The summed E-state index contributed by atoms with van der Waals surface area (Å²) >= 11 is 0. The van der Waals surface area contributed by atoms with Crippen LogP contribution in [-0.2, 0) is 0 Å². The molecular formula is C16H17FN2O2. The molecule has 0 N–H and O–H groups in total. The van der Waals surface area contributed by atoms with E-state index >= 15 is 0 Å². The third kappa shape index (κ3) is 3.78. The highest BCUT2D eigenvalue weighted by molar-refractivity contribution is 5.93. The van der Waals surface area contributed by atoms with Gasteiger partial charge in [0.1, 0.15) is 12.4 Å². The summed E-state index contributed by atoms with van der Waals surface area (Å²) in [6.45, 7) is 2.66. The summed E-state index contributed by atoms with van der Waals surface area (Å²) in [4.78, 5) is 17.0. The highest BCUT2D eigenvalue weighted by Crippen LogP contribution is 2.16. The van der Waals surface area contributed by atoms with Gasteiger partial charge >= 0.3 is 0 Å². The van der Waals surface area contributed by atoms with Crippen molar-refractivity contribution in [2.45, 2.75) is 6.92 Å². The number of nitrogens with zero attached hydrogens (tertiary/aromatic N) is 2. The summed E-state index contributed by atoms with van der Waals surface area (Å²) in [5.74, 6) is -0.380. The Morgan fingerprint density at radius 1 is 1.29 bits per heavy atom. The zero-order valence-corrected chi connectivity index (χ0v) is 12.0. The van der Waals surface area contributed by atoms with Crippen molar-refractivity contribution < 1.29 is 13.9 Å². The van der Waals surface area contributed by atoms with Crippen molar-refractivity contribution in [3.8, 4) is 5.75 Å². The molecule has 0 bridgehead atoms. The number of ether oxygens (including phenoxy) is 1. The Morgan fingerprint density at radius 3 is 2.76 bits per heavy atom. The van der Waals surface area contributed by atoms with Gasteiger partial charge in [0.25, 0.3) is 5.91 Å². The highest BCUT2D eigenvalue weighted by atomic mass is 19.1. The second kappa shape index (κ2) is 6.83. The molecule has 0 aliphatic carbocycles. The highest BCUT2D eigenvalue weighted by Gasteiger charge is 2.16. The summed E-state index contributed by atoms with van der Waals surface area (Å²) in [6.07, 6.45) is 1.31. The van der Waals surface area contributed by atoms with Gasteiger partial charge in [0.15, 0.2) is 0 Å². The van der Waals surface area contributed by atoms with E-state index in [1.807, 2.05) is 31.2 Å². The van der Waals surface area contributed by atoms with Crippen LogP contribution in [0.2, 0.25) is 0 Å². The van der Waals surface area contributed by atoms with Gasteiger partial charge in [-0.1, -0.05) is 18.2 Å². The maximum absolute atomic E-state index is 13.5. The lowest BCUT2D eigenvalue weighted by Crippen LogP contribution is -2.31. The lowest BCUT2D eigenvalue weighted by molar-refractivity contribution is 0.0768. The Hall–Kier alpha value is -2.43. The molecule has 1 heterocycles. The number of hydrogen-bond acceptors (Lipinski definition) is 3. The first-order valence-corrected chi connectivity index (χ1v) is 6.64. The van der Waals surface area contributed by atoms with Gasteiger partial charge in [0.2, 0.25) is 5.95 Å². The van der Waals surface area contributed by atoms with Gasteiger partial charge in [-0.15, -0.1) is 0 Å². The van der Waals surface area contributed by atoms with Crippen molar-refractivity contribution >= 4 is 5.91 Å². The Morgan fingerprint density at radius 2 is 2.05 bits per heavy atom. The summed E-state index contributed by atoms with van der Waals surface area (Å²) < 4.78 is 19.1. The Kier molecular flexibility index (Phi) is 4.87. The van der Waals surface area contributed by atoms with Gasteiger partial charge in [-0.25, -0.2) is 4.98 Å². The molecule has 0 radical (unpaired) electrons. The van der Waals surface area contributed by atoms with Crippen LogP contribution in [0.4, 0.5) is 4.39 Å². The predicted octanol–water partition coefficient (Wildman–Crippen LogP) is 2.68. The first-order valence-electron chi connectivity index (χ1n) is 6.64. The molecule has 0 aliphatic rings.